The van der Waals surface area contributed by atoms with Crippen molar-refractivity contribution in [2.45, 2.75) is 19.1 Å². The molecule has 0 aliphatic rings. The van der Waals surface area contributed by atoms with Crippen LogP contribution in [-0.4, -0.2) is 35.4 Å². The molecule has 4 rings (SSSR count). The number of hydrogen-bond donors (Lipinski definition) is 1. The summed E-state index contributed by atoms with van der Waals surface area (Å²) in [4.78, 5) is 32.9. The number of carbonyl (C=O) groups is 2. The van der Waals surface area contributed by atoms with Crippen LogP contribution in [0.25, 0.3) is 0 Å². The standard InChI is InChI=1S/C30H28ClN3O4/c1-37-25-13-11-23(12-14-25)20-34(28(35)21-38-27-10-6-5-9-26(27)31)29(24-7-3-2-4-8-24)30(36)33-19-22-15-17-32-18-16-22/h2-18,29H,19-21H2,1H3,(H,33,36). The fraction of sp³-hybridized carbons (Fsp3) is 0.167. The van der Waals surface area contributed by atoms with Gasteiger partial charge in [-0.05, 0) is 53.1 Å². The second-order valence-electron chi connectivity index (χ2n) is 8.48. The first kappa shape index (κ1) is 26.7. The van der Waals surface area contributed by atoms with E-state index < -0.39 is 6.04 Å². The lowest BCUT2D eigenvalue weighted by Gasteiger charge is -2.31. The topological polar surface area (TPSA) is 80.8 Å². The molecular weight excluding hydrogens is 502 g/mol. The number of para-hydroxylation sites is 1. The summed E-state index contributed by atoms with van der Waals surface area (Å²) in [5, 5.41) is 3.38. The smallest absolute Gasteiger partial charge is 0.261 e. The normalized spacial score (nSPS) is 11.3. The molecule has 2 amide bonds. The summed E-state index contributed by atoms with van der Waals surface area (Å²) in [5.74, 6) is 0.412. The molecule has 1 atom stereocenters. The van der Waals surface area contributed by atoms with Crippen LogP contribution < -0.4 is 14.8 Å². The molecule has 3 aromatic carbocycles. The van der Waals surface area contributed by atoms with Crippen LogP contribution >= 0.6 is 11.6 Å². The van der Waals surface area contributed by atoms with Crippen LogP contribution in [0.1, 0.15) is 22.7 Å². The van der Waals surface area contributed by atoms with Gasteiger partial charge in [0.2, 0.25) is 5.91 Å². The Kier molecular flexibility index (Phi) is 9.32. The number of halogens is 1. The molecule has 8 heteroatoms. The van der Waals surface area contributed by atoms with E-state index in [-0.39, 0.29) is 25.0 Å². The van der Waals surface area contributed by atoms with Gasteiger partial charge in [0.15, 0.2) is 6.61 Å². The van der Waals surface area contributed by atoms with Gasteiger partial charge in [0, 0.05) is 25.5 Å². The van der Waals surface area contributed by atoms with Gasteiger partial charge >= 0.3 is 0 Å². The van der Waals surface area contributed by atoms with Crippen molar-refractivity contribution >= 4 is 23.4 Å². The number of hydrogen-bond acceptors (Lipinski definition) is 5. The van der Waals surface area contributed by atoms with E-state index in [1.54, 1.807) is 43.8 Å². The Hall–Kier alpha value is -4.36. The number of nitrogens with one attached hydrogen (secondary N) is 1. The lowest BCUT2D eigenvalue weighted by molar-refractivity contribution is -0.143. The summed E-state index contributed by atoms with van der Waals surface area (Å²) in [6, 6.07) is 26.3. The van der Waals surface area contributed by atoms with Gasteiger partial charge in [0.05, 0.1) is 12.1 Å². The average Bonchev–Trinajstić information content (AvgIpc) is 2.96. The van der Waals surface area contributed by atoms with Crippen LogP contribution in [0.5, 0.6) is 11.5 Å². The van der Waals surface area contributed by atoms with Crippen molar-refractivity contribution in [1.29, 1.82) is 0 Å². The van der Waals surface area contributed by atoms with Crippen LogP contribution in [0, 0.1) is 0 Å². The fourth-order valence-corrected chi connectivity index (χ4v) is 4.12. The van der Waals surface area contributed by atoms with Crippen LogP contribution in [0.15, 0.2) is 103 Å². The fourth-order valence-electron chi connectivity index (χ4n) is 3.93. The number of methoxy groups -OCH3 is 1. The number of nitrogens with zero attached hydrogens (tertiary/aromatic N) is 2. The van der Waals surface area contributed by atoms with E-state index >= 15 is 0 Å². The van der Waals surface area contributed by atoms with Gasteiger partial charge in [-0.15, -0.1) is 0 Å². The molecule has 1 unspecified atom stereocenters. The molecule has 194 valence electrons. The molecule has 1 N–H and O–H groups in total. The Morgan fingerprint density at radius 2 is 1.58 bits per heavy atom. The summed E-state index contributed by atoms with van der Waals surface area (Å²) in [6.45, 7) is 0.184. The Morgan fingerprint density at radius 3 is 2.26 bits per heavy atom. The van der Waals surface area contributed by atoms with Crippen molar-refractivity contribution in [3.05, 3.63) is 125 Å². The van der Waals surface area contributed by atoms with Gasteiger partial charge in [-0.3, -0.25) is 14.6 Å². The van der Waals surface area contributed by atoms with Crippen molar-refractivity contribution < 1.29 is 19.1 Å². The maximum Gasteiger partial charge on any atom is 0.261 e. The molecule has 0 radical (unpaired) electrons. The Balaban J connectivity index is 1.64. The van der Waals surface area contributed by atoms with Crippen molar-refractivity contribution in [3.63, 3.8) is 0 Å². The van der Waals surface area contributed by atoms with Gasteiger partial charge in [0.25, 0.3) is 5.91 Å². The minimum Gasteiger partial charge on any atom is -0.497 e. The molecule has 0 bridgehead atoms. The van der Waals surface area contributed by atoms with Crippen LogP contribution in [0.3, 0.4) is 0 Å². The second-order valence-corrected chi connectivity index (χ2v) is 8.88. The summed E-state index contributed by atoms with van der Waals surface area (Å²) < 4.78 is 11.0. The lowest BCUT2D eigenvalue weighted by Crippen LogP contribution is -2.45. The van der Waals surface area contributed by atoms with Gasteiger partial charge in [-0.1, -0.05) is 66.2 Å². The first-order valence-electron chi connectivity index (χ1n) is 12.1. The van der Waals surface area contributed by atoms with Crippen LogP contribution in [0.2, 0.25) is 5.02 Å². The zero-order valence-corrected chi connectivity index (χ0v) is 21.7. The molecule has 0 aliphatic carbocycles. The molecule has 4 aromatic rings. The highest BCUT2D eigenvalue weighted by atomic mass is 35.5. The van der Waals surface area contributed by atoms with Gasteiger partial charge in [-0.25, -0.2) is 0 Å². The third-order valence-electron chi connectivity index (χ3n) is 5.91. The first-order valence-corrected chi connectivity index (χ1v) is 12.4. The highest BCUT2D eigenvalue weighted by Crippen LogP contribution is 2.27. The number of aromatic nitrogens is 1. The molecule has 0 fully saturated rings. The molecule has 1 aromatic heterocycles. The van der Waals surface area contributed by atoms with Gasteiger partial charge in [-0.2, -0.15) is 0 Å². The number of carbonyl (C=O) groups excluding carboxylic acids is 2. The van der Waals surface area contributed by atoms with Crippen molar-refractivity contribution in [2.24, 2.45) is 0 Å². The SMILES string of the molecule is COc1ccc(CN(C(=O)COc2ccccc2Cl)C(C(=O)NCc2ccncc2)c2ccccc2)cc1. The molecule has 7 nitrogen and oxygen atoms in total. The van der Waals surface area contributed by atoms with E-state index in [9.17, 15) is 9.59 Å². The number of rotatable bonds is 11. The predicted molar refractivity (Wildman–Crippen MR) is 146 cm³/mol. The lowest BCUT2D eigenvalue weighted by atomic mass is 10.0. The molecular formula is C30H28ClN3O4. The van der Waals surface area contributed by atoms with E-state index in [0.29, 0.717) is 28.6 Å². The largest absolute Gasteiger partial charge is 0.497 e. The van der Waals surface area contributed by atoms with Crippen LogP contribution in [0.4, 0.5) is 0 Å². The Bertz CT molecular complexity index is 1330. The molecule has 0 saturated carbocycles. The number of amides is 2. The Labute approximate surface area is 227 Å². The summed E-state index contributed by atoms with van der Waals surface area (Å²) >= 11 is 6.22. The van der Waals surface area contributed by atoms with E-state index in [1.807, 2.05) is 66.7 Å². The highest BCUT2D eigenvalue weighted by molar-refractivity contribution is 6.32. The molecule has 1 heterocycles. The average molecular weight is 530 g/mol. The third-order valence-corrected chi connectivity index (χ3v) is 6.22. The monoisotopic (exact) mass is 529 g/mol. The van der Waals surface area contributed by atoms with E-state index in [4.69, 9.17) is 21.1 Å². The number of ether oxygens (including phenoxy) is 2. The van der Waals surface area contributed by atoms with Crippen molar-refractivity contribution in [3.8, 4) is 11.5 Å². The van der Waals surface area contributed by atoms with E-state index in [1.165, 1.54) is 4.90 Å². The molecule has 0 spiro atoms. The number of benzene rings is 3. The third kappa shape index (κ3) is 7.11. The molecule has 0 aliphatic heterocycles. The minimum absolute atomic E-state index is 0.178. The highest BCUT2D eigenvalue weighted by Gasteiger charge is 2.32. The number of pyridine rings is 1. The molecule has 0 saturated heterocycles. The maximum absolute atomic E-state index is 13.7. The van der Waals surface area contributed by atoms with Gasteiger partial charge in [0.1, 0.15) is 17.5 Å². The Morgan fingerprint density at radius 1 is 0.895 bits per heavy atom. The van der Waals surface area contributed by atoms with Crippen LogP contribution in [-0.2, 0) is 22.7 Å². The van der Waals surface area contributed by atoms with E-state index in [0.717, 1.165) is 11.1 Å². The maximum atomic E-state index is 13.7. The molecule has 38 heavy (non-hydrogen) atoms. The predicted octanol–water partition coefficient (Wildman–Crippen LogP) is 5.21. The van der Waals surface area contributed by atoms with Crippen molar-refractivity contribution in [2.75, 3.05) is 13.7 Å². The summed E-state index contributed by atoms with van der Waals surface area (Å²) in [5.41, 5.74) is 2.41. The second kappa shape index (κ2) is 13.3. The quantitative estimate of drug-likeness (QED) is 0.288. The zero-order chi connectivity index (χ0) is 26.7. The van der Waals surface area contributed by atoms with Crippen molar-refractivity contribution in [1.82, 2.24) is 15.2 Å². The first-order chi connectivity index (χ1) is 18.5. The summed E-state index contributed by atoms with van der Waals surface area (Å²) in [7, 11) is 1.59. The summed E-state index contributed by atoms with van der Waals surface area (Å²) in [6.07, 6.45) is 3.34. The van der Waals surface area contributed by atoms with Gasteiger partial charge < -0.3 is 19.7 Å². The minimum atomic E-state index is -0.900. The van der Waals surface area contributed by atoms with E-state index in [2.05, 4.69) is 10.3 Å². The zero-order valence-electron chi connectivity index (χ0n) is 20.9.